The van der Waals surface area contributed by atoms with Crippen LogP contribution < -0.4 is 10.6 Å². The van der Waals surface area contributed by atoms with E-state index in [9.17, 15) is 14.4 Å². The summed E-state index contributed by atoms with van der Waals surface area (Å²) in [5, 5.41) is 13.9. The van der Waals surface area contributed by atoms with Crippen molar-refractivity contribution in [3.63, 3.8) is 0 Å². The van der Waals surface area contributed by atoms with Gasteiger partial charge >= 0.3 is 5.97 Å². The summed E-state index contributed by atoms with van der Waals surface area (Å²) in [4.78, 5) is 32.5. The number of carboxylic acid groups (broad SMARTS) is 1. The summed E-state index contributed by atoms with van der Waals surface area (Å²) in [5.41, 5.74) is 0. The van der Waals surface area contributed by atoms with E-state index in [1.807, 2.05) is 20.8 Å². The first kappa shape index (κ1) is 17.8. The third-order valence-electron chi connectivity index (χ3n) is 2.74. The highest BCUT2D eigenvalue weighted by molar-refractivity contribution is 7.99. The second kappa shape index (κ2) is 9.66. The average molecular weight is 290 g/mol. The fourth-order valence-electron chi connectivity index (χ4n) is 1.19. The molecule has 110 valence electrons. The molecule has 0 rings (SSSR count). The zero-order valence-electron chi connectivity index (χ0n) is 11.5. The molecule has 6 nitrogen and oxygen atoms in total. The first-order chi connectivity index (χ1) is 8.88. The van der Waals surface area contributed by atoms with Crippen molar-refractivity contribution in [3.8, 4) is 0 Å². The monoisotopic (exact) mass is 290 g/mol. The van der Waals surface area contributed by atoms with Gasteiger partial charge in [0.2, 0.25) is 12.3 Å². The van der Waals surface area contributed by atoms with Crippen LogP contribution in [-0.2, 0) is 14.4 Å². The van der Waals surface area contributed by atoms with Gasteiger partial charge in [0.25, 0.3) is 0 Å². The molecule has 0 spiro atoms. The summed E-state index contributed by atoms with van der Waals surface area (Å²) >= 11 is 1.36. The summed E-state index contributed by atoms with van der Waals surface area (Å²) in [6.07, 6.45) is 0.673. The molecule has 0 aliphatic rings. The van der Waals surface area contributed by atoms with Gasteiger partial charge in [0, 0.05) is 6.04 Å². The van der Waals surface area contributed by atoms with E-state index in [0.29, 0.717) is 30.3 Å². The second-order valence-electron chi connectivity index (χ2n) is 4.62. The predicted octanol–water partition coefficient (Wildman–Crippen LogP) is 0.470. The molecular weight excluding hydrogens is 268 g/mol. The number of hydrogen-bond donors (Lipinski definition) is 3. The summed E-state index contributed by atoms with van der Waals surface area (Å²) in [5.74, 6) is 0.0559. The number of carbonyl (C=O) groups is 3. The van der Waals surface area contributed by atoms with Crippen LogP contribution in [0.3, 0.4) is 0 Å². The maximum absolute atomic E-state index is 11.5. The predicted molar refractivity (Wildman–Crippen MR) is 75.0 cm³/mol. The third kappa shape index (κ3) is 8.47. The molecule has 0 radical (unpaired) electrons. The highest BCUT2D eigenvalue weighted by Gasteiger charge is 2.16. The molecule has 0 aliphatic heterocycles. The molecule has 0 aromatic carbocycles. The topological polar surface area (TPSA) is 95.5 Å². The molecule has 0 aromatic heterocycles. The van der Waals surface area contributed by atoms with Crippen molar-refractivity contribution in [1.82, 2.24) is 10.6 Å². The maximum Gasteiger partial charge on any atom is 0.326 e. The molecule has 0 saturated carbocycles. The van der Waals surface area contributed by atoms with E-state index in [1.165, 1.54) is 11.8 Å². The van der Waals surface area contributed by atoms with Crippen LogP contribution in [-0.4, -0.2) is 47.0 Å². The lowest BCUT2D eigenvalue weighted by Gasteiger charge is -2.17. The molecule has 0 bridgehead atoms. The zero-order valence-corrected chi connectivity index (χ0v) is 12.3. The highest BCUT2D eigenvalue weighted by atomic mass is 32.2. The Labute approximate surface area is 117 Å². The zero-order chi connectivity index (χ0) is 14.8. The fourth-order valence-corrected chi connectivity index (χ4v) is 2.00. The van der Waals surface area contributed by atoms with Crippen LogP contribution in [0.15, 0.2) is 0 Å². The van der Waals surface area contributed by atoms with Crippen molar-refractivity contribution in [1.29, 1.82) is 0 Å². The molecule has 19 heavy (non-hydrogen) atoms. The van der Waals surface area contributed by atoms with Gasteiger partial charge in [-0.2, -0.15) is 11.8 Å². The fraction of sp³-hybridized carbons (Fsp3) is 0.750. The molecule has 0 saturated heterocycles. The van der Waals surface area contributed by atoms with Crippen LogP contribution in [0.2, 0.25) is 0 Å². The summed E-state index contributed by atoms with van der Waals surface area (Å²) in [6.45, 7) is 6.00. The Morgan fingerprint density at radius 2 is 1.95 bits per heavy atom. The number of carbonyl (C=O) groups excluding carboxylic acids is 2. The van der Waals surface area contributed by atoms with Crippen LogP contribution in [0.4, 0.5) is 0 Å². The lowest BCUT2D eigenvalue weighted by molar-refractivity contribution is -0.140. The van der Waals surface area contributed by atoms with Gasteiger partial charge in [-0.1, -0.05) is 13.8 Å². The molecule has 2 atom stereocenters. The quantitative estimate of drug-likeness (QED) is 0.401. The number of thioether (sulfide) groups is 1. The molecule has 0 heterocycles. The van der Waals surface area contributed by atoms with Gasteiger partial charge in [-0.25, -0.2) is 4.79 Å². The SMILES string of the molecule is CC(C)C(C)NC(=O)CSCCC(NC=O)C(=O)O. The lowest BCUT2D eigenvalue weighted by Crippen LogP contribution is -2.38. The van der Waals surface area contributed by atoms with Crippen LogP contribution in [0.1, 0.15) is 27.2 Å². The van der Waals surface area contributed by atoms with E-state index in [0.717, 1.165) is 0 Å². The minimum absolute atomic E-state index is 0.0542. The van der Waals surface area contributed by atoms with Crippen LogP contribution >= 0.6 is 11.8 Å². The van der Waals surface area contributed by atoms with Gasteiger partial charge in [0.15, 0.2) is 0 Å². The minimum atomic E-state index is -1.06. The van der Waals surface area contributed by atoms with Gasteiger partial charge in [-0.15, -0.1) is 0 Å². The number of hydrogen-bond acceptors (Lipinski definition) is 4. The largest absolute Gasteiger partial charge is 0.480 e. The normalized spacial score (nSPS) is 13.7. The van der Waals surface area contributed by atoms with Gasteiger partial charge in [-0.05, 0) is 25.0 Å². The van der Waals surface area contributed by atoms with Gasteiger partial charge in [0.1, 0.15) is 6.04 Å². The van der Waals surface area contributed by atoms with E-state index < -0.39 is 12.0 Å². The molecule has 0 aromatic rings. The summed E-state index contributed by atoms with van der Waals surface area (Å²) in [6, 6.07) is -0.765. The van der Waals surface area contributed by atoms with E-state index in [1.54, 1.807) is 0 Å². The first-order valence-corrected chi connectivity index (χ1v) is 7.33. The average Bonchev–Trinajstić information content (AvgIpc) is 2.32. The highest BCUT2D eigenvalue weighted by Crippen LogP contribution is 2.06. The number of carboxylic acids is 1. The molecule has 0 aliphatic carbocycles. The van der Waals surface area contributed by atoms with E-state index in [-0.39, 0.29) is 11.9 Å². The first-order valence-electron chi connectivity index (χ1n) is 6.18. The van der Waals surface area contributed by atoms with Crippen molar-refractivity contribution in [2.75, 3.05) is 11.5 Å². The Morgan fingerprint density at radius 3 is 2.42 bits per heavy atom. The van der Waals surface area contributed by atoms with E-state index in [2.05, 4.69) is 10.6 Å². The Bertz CT molecular complexity index is 310. The van der Waals surface area contributed by atoms with Gasteiger partial charge < -0.3 is 15.7 Å². The summed E-state index contributed by atoms with van der Waals surface area (Å²) < 4.78 is 0. The second-order valence-corrected chi connectivity index (χ2v) is 5.72. The smallest absolute Gasteiger partial charge is 0.326 e. The Balaban J connectivity index is 3.81. The molecular formula is C12H22N2O4S. The molecule has 2 unspecified atom stereocenters. The third-order valence-corrected chi connectivity index (χ3v) is 3.73. The van der Waals surface area contributed by atoms with Crippen LogP contribution in [0.25, 0.3) is 0 Å². The molecule has 2 amide bonds. The van der Waals surface area contributed by atoms with Crippen LogP contribution in [0.5, 0.6) is 0 Å². The Hall–Kier alpha value is -1.24. The minimum Gasteiger partial charge on any atom is -0.480 e. The molecule has 3 N–H and O–H groups in total. The van der Waals surface area contributed by atoms with Crippen molar-refractivity contribution in [3.05, 3.63) is 0 Å². The number of amides is 2. The Kier molecular flexibility index (Phi) is 9.03. The maximum atomic E-state index is 11.5. The lowest BCUT2D eigenvalue weighted by atomic mass is 10.1. The van der Waals surface area contributed by atoms with Gasteiger partial charge in [0.05, 0.1) is 5.75 Å². The number of rotatable bonds is 10. The van der Waals surface area contributed by atoms with Crippen LogP contribution in [0, 0.1) is 5.92 Å². The molecule has 0 fully saturated rings. The van der Waals surface area contributed by atoms with Crippen molar-refractivity contribution < 1.29 is 19.5 Å². The summed E-state index contributed by atoms with van der Waals surface area (Å²) in [7, 11) is 0. The van der Waals surface area contributed by atoms with Crippen molar-refractivity contribution in [2.24, 2.45) is 5.92 Å². The van der Waals surface area contributed by atoms with E-state index >= 15 is 0 Å². The van der Waals surface area contributed by atoms with E-state index in [4.69, 9.17) is 5.11 Å². The Morgan fingerprint density at radius 1 is 1.32 bits per heavy atom. The van der Waals surface area contributed by atoms with Crippen molar-refractivity contribution in [2.45, 2.75) is 39.3 Å². The standard InChI is InChI=1S/C12H22N2O4S/c1-8(2)9(3)14-11(16)6-19-5-4-10(12(17)18)13-7-15/h7-10H,4-6H2,1-3H3,(H,13,15)(H,14,16)(H,17,18). The molecule has 7 heteroatoms. The number of nitrogens with one attached hydrogen (secondary N) is 2. The number of aliphatic carboxylic acids is 1. The van der Waals surface area contributed by atoms with Gasteiger partial charge in [-0.3, -0.25) is 9.59 Å². The van der Waals surface area contributed by atoms with Crippen molar-refractivity contribution >= 4 is 30.0 Å².